The highest BCUT2D eigenvalue weighted by Gasteiger charge is 2.30. The molecule has 1 aliphatic rings. The van der Waals surface area contributed by atoms with Crippen LogP contribution in [0.3, 0.4) is 0 Å². The van der Waals surface area contributed by atoms with E-state index in [1.54, 1.807) is 43.9 Å². The normalized spacial score (nSPS) is 16.7. The maximum atomic E-state index is 13.2. The number of fused-ring (bicyclic) bond motifs is 1. The standard InChI is InChI=1S/C25H30N4O5S2/c1-16(30)26-23-27-21-11-10-18(14-22(21)35-23)17-7-5-9-20(13-17)36(32,33)28-19-8-6-12-29(15-19)24(31)34-25(2,3)4/h5,7,9-11,13-14,19,28H,6,8,12,15H2,1-4H3,(H,26,27,30). The van der Waals surface area contributed by atoms with Gasteiger partial charge in [0.1, 0.15) is 5.60 Å². The van der Waals surface area contributed by atoms with Crippen LogP contribution >= 0.6 is 11.3 Å². The number of carbonyl (C=O) groups is 2. The van der Waals surface area contributed by atoms with Crippen molar-refractivity contribution in [3.63, 3.8) is 0 Å². The zero-order valence-electron chi connectivity index (χ0n) is 20.7. The van der Waals surface area contributed by atoms with Gasteiger partial charge in [-0.3, -0.25) is 4.79 Å². The fraction of sp³-hybridized carbons (Fsp3) is 0.400. The summed E-state index contributed by atoms with van der Waals surface area (Å²) < 4.78 is 35.5. The minimum absolute atomic E-state index is 0.151. The van der Waals surface area contributed by atoms with E-state index in [1.807, 2.05) is 24.3 Å². The van der Waals surface area contributed by atoms with Crippen LogP contribution in [-0.2, 0) is 19.6 Å². The Labute approximate surface area is 214 Å². The summed E-state index contributed by atoms with van der Waals surface area (Å²) in [6, 6.07) is 12.0. The maximum Gasteiger partial charge on any atom is 0.410 e. The summed E-state index contributed by atoms with van der Waals surface area (Å²) in [5.74, 6) is -0.188. The summed E-state index contributed by atoms with van der Waals surface area (Å²) in [6.45, 7) is 7.63. The molecule has 2 N–H and O–H groups in total. The van der Waals surface area contributed by atoms with Crippen molar-refractivity contribution in [3.05, 3.63) is 42.5 Å². The van der Waals surface area contributed by atoms with Gasteiger partial charge in [-0.2, -0.15) is 0 Å². The first-order valence-corrected chi connectivity index (χ1v) is 14.0. The largest absolute Gasteiger partial charge is 0.444 e. The molecule has 0 radical (unpaired) electrons. The first-order valence-electron chi connectivity index (χ1n) is 11.7. The lowest BCUT2D eigenvalue weighted by molar-refractivity contribution is -0.114. The third-order valence-electron chi connectivity index (χ3n) is 5.54. The van der Waals surface area contributed by atoms with Gasteiger partial charge in [0.2, 0.25) is 15.9 Å². The van der Waals surface area contributed by atoms with Gasteiger partial charge in [0, 0.05) is 26.1 Å². The smallest absolute Gasteiger partial charge is 0.410 e. The van der Waals surface area contributed by atoms with Gasteiger partial charge in [-0.15, -0.1) is 0 Å². The number of nitrogens with one attached hydrogen (secondary N) is 2. The van der Waals surface area contributed by atoms with Crippen molar-refractivity contribution in [1.82, 2.24) is 14.6 Å². The van der Waals surface area contributed by atoms with E-state index < -0.39 is 27.8 Å². The molecule has 1 aromatic heterocycles. The van der Waals surface area contributed by atoms with Gasteiger partial charge in [-0.05, 0) is 69.0 Å². The highest BCUT2D eigenvalue weighted by molar-refractivity contribution is 7.89. The summed E-state index contributed by atoms with van der Waals surface area (Å²) in [4.78, 5) is 29.9. The molecule has 1 fully saturated rings. The lowest BCUT2D eigenvalue weighted by Gasteiger charge is -2.34. The molecule has 2 amide bonds. The number of benzene rings is 2. The Hall–Kier alpha value is -3.02. The fourth-order valence-electron chi connectivity index (χ4n) is 4.00. The molecule has 9 nitrogen and oxygen atoms in total. The van der Waals surface area contributed by atoms with Crippen LogP contribution in [0.5, 0.6) is 0 Å². The van der Waals surface area contributed by atoms with Crippen LogP contribution in [-0.4, -0.2) is 55.0 Å². The number of thiazole rings is 1. The molecule has 0 saturated carbocycles. The van der Waals surface area contributed by atoms with E-state index in [0.29, 0.717) is 24.5 Å². The topological polar surface area (TPSA) is 118 Å². The molecule has 0 bridgehead atoms. The number of nitrogens with zero attached hydrogens (tertiary/aromatic N) is 2. The number of sulfonamides is 1. The number of anilines is 1. The van der Waals surface area contributed by atoms with Crippen LogP contribution < -0.4 is 10.0 Å². The minimum atomic E-state index is -3.81. The Morgan fingerprint density at radius 2 is 1.89 bits per heavy atom. The van der Waals surface area contributed by atoms with Crippen LogP contribution in [0.4, 0.5) is 9.93 Å². The van der Waals surface area contributed by atoms with Gasteiger partial charge in [0.15, 0.2) is 5.13 Å². The molecule has 3 aromatic rings. The first-order chi connectivity index (χ1) is 16.9. The molecular weight excluding hydrogens is 500 g/mol. The number of likely N-dealkylation sites (tertiary alicyclic amines) is 1. The number of hydrogen-bond acceptors (Lipinski definition) is 7. The molecule has 2 heterocycles. The Balaban J connectivity index is 1.51. The minimum Gasteiger partial charge on any atom is -0.444 e. The van der Waals surface area contributed by atoms with Crippen LogP contribution in [0.1, 0.15) is 40.5 Å². The second-order valence-corrected chi connectivity index (χ2v) is 12.5. The molecule has 2 aromatic carbocycles. The van der Waals surface area contributed by atoms with Gasteiger partial charge < -0.3 is 15.0 Å². The van der Waals surface area contributed by atoms with Crippen molar-refractivity contribution >= 4 is 48.7 Å². The molecule has 1 saturated heterocycles. The summed E-state index contributed by atoms with van der Waals surface area (Å²) >= 11 is 1.36. The first kappa shape index (κ1) is 26.1. The second kappa shape index (κ2) is 10.2. The van der Waals surface area contributed by atoms with Gasteiger partial charge in [-0.1, -0.05) is 29.5 Å². The Kier molecular flexibility index (Phi) is 7.35. The molecule has 11 heteroatoms. The summed E-state index contributed by atoms with van der Waals surface area (Å²) in [7, 11) is -3.81. The molecule has 1 aliphatic heterocycles. The Morgan fingerprint density at radius 3 is 2.61 bits per heavy atom. The van der Waals surface area contributed by atoms with E-state index in [1.165, 1.54) is 18.3 Å². The van der Waals surface area contributed by atoms with Crippen LogP contribution in [0.15, 0.2) is 47.4 Å². The Morgan fingerprint density at radius 1 is 1.14 bits per heavy atom. The molecule has 4 rings (SSSR count). The number of piperidine rings is 1. The van der Waals surface area contributed by atoms with Crippen molar-refractivity contribution in [1.29, 1.82) is 0 Å². The monoisotopic (exact) mass is 530 g/mol. The van der Waals surface area contributed by atoms with Crippen molar-refractivity contribution in [2.45, 2.75) is 57.1 Å². The lowest BCUT2D eigenvalue weighted by atomic mass is 10.1. The molecule has 36 heavy (non-hydrogen) atoms. The average Bonchev–Trinajstić information content (AvgIpc) is 3.18. The maximum absolute atomic E-state index is 13.2. The molecule has 0 aliphatic carbocycles. The molecular formula is C25H30N4O5S2. The van der Waals surface area contributed by atoms with Crippen LogP contribution in [0, 0.1) is 0 Å². The van der Waals surface area contributed by atoms with Gasteiger partial charge >= 0.3 is 6.09 Å². The summed E-state index contributed by atoms with van der Waals surface area (Å²) in [5, 5.41) is 3.21. The highest BCUT2D eigenvalue weighted by Crippen LogP contribution is 2.31. The molecule has 1 unspecified atom stereocenters. The van der Waals surface area contributed by atoms with E-state index in [0.717, 1.165) is 21.3 Å². The molecule has 192 valence electrons. The fourth-order valence-corrected chi connectivity index (χ4v) is 6.26. The van der Waals surface area contributed by atoms with E-state index in [2.05, 4.69) is 15.0 Å². The van der Waals surface area contributed by atoms with Crippen molar-refractivity contribution < 1.29 is 22.7 Å². The number of ether oxygens (including phenoxy) is 1. The number of rotatable bonds is 5. The zero-order chi connectivity index (χ0) is 26.1. The predicted molar refractivity (Wildman–Crippen MR) is 141 cm³/mol. The van der Waals surface area contributed by atoms with Crippen LogP contribution in [0.2, 0.25) is 0 Å². The third kappa shape index (κ3) is 6.40. The Bertz CT molecular complexity index is 1390. The highest BCUT2D eigenvalue weighted by atomic mass is 32.2. The second-order valence-electron chi connectivity index (χ2n) is 9.80. The van der Waals surface area contributed by atoms with Gasteiger partial charge in [0.25, 0.3) is 0 Å². The number of amides is 2. The zero-order valence-corrected chi connectivity index (χ0v) is 22.3. The third-order valence-corrected chi connectivity index (χ3v) is 8.00. The predicted octanol–water partition coefficient (Wildman–Crippen LogP) is 4.60. The van der Waals surface area contributed by atoms with Crippen molar-refractivity contribution in [3.8, 4) is 11.1 Å². The van der Waals surface area contributed by atoms with Crippen molar-refractivity contribution in [2.75, 3.05) is 18.4 Å². The summed E-state index contributed by atoms with van der Waals surface area (Å²) in [5.41, 5.74) is 1.72. The molecule has 0 spiro atoms. The van der Waals surface area contributed by atoms with E-state index in [-0.39, 0.29) is 17.3 Å². The van der Waals surface area contributed by atoms with E-state index in [4.69, 9.17) is 4.74 Å². The average molecular weight is 531 g/mol. The number of aromatic nitrogens is 1. The van der Waals surface area contributed by atoms with Gasteiger partial charge in [-0.25, -0.2) is 22.9 Å². The number of carbonyl (C=O) groups excluding carboxylic acids is 2. The van der Waals surface area contributed by atoms with E-state index >= 15 is 0 Å². The van der Waals surface area contributed by atoms with Crippen LogP contribution in [0.25, 0.3) is 21.3 Å². The van der Waals surface area contributed by atoms with Crippen molar-refractivity contribution in [2.24, 2.45) is 0 Å². The van der Waals surface area contributed by atoms with Gasteiger partial charge in [0.05, 0.1) is 15.1 Å². The quantitative estimate of drug-likeness (QED) is 0.498. The molecule has 1 atom stereocenters. The lowest BCUT2D eigenvalue weighted by Crippen LogP contribution is -2.50. The summed E-state index contributed by atoms with van der Waals surface area (Å²) in [6.07, 6.45) is 0.882. The van der Waals surface area contributed by atoms with E-state index in [9.17, 15) is 18.0 Å². The number of hydrogen-bond donors (Lipinski definition) is 2. The SMILES string of the molecule is CC(=O)Nc1nc2ccc(-c3cccc(S(=O)(=O)NC4CCCN(C(=O)OC(C)(C)C)C4)c3)cc2s1.